The molecule has 1 aromatic carbocycles. The average Bonchev–Trinajstić information content (AvgIpc) is 2.81. The molecular weight excluding hydrogens is 264 g/mol. The molecule has 2 aromatic rings. The zero-order chi connectivity index (χ0) is 14.6. The number of aryl methyl sites for hydroxylation is 2. The summed E-state index contributed by atoms with van der Waals surface area (Å²) in [4.78, 5) is 6.27. The van der Waals surface area contributed by atoms with Gasteiger partial charge >= 0.3 is 0 Å². The Balaban J connectivity index is 2.12. The Hall–Kier alpha value is -1.19. The molecule has 2 nitrogen and oxygen atoms in total. The number of hydrogen-bond acceptors (Lipinski definition) is 3. The van der Waals surface area contributed by atoms with Gasteiger partial charge in [0.05, 0.1) is 10.7 Å². The Bertz CT molecular complexity index is 538. The van der Waals surface area contributed by atoms with E-state index >= 15 is 0 Å². The number of hydrogen-bond donors (Lipinski definition) is 1. The van der Waals surface area contributed by atoms with Crippen molar-refractivity contribution in [1.82, 2.24) is 10.3 Å². The van der Waals surface area contributed by atoms with Crippen LogP contribution in [-0.4, -0.2) is 12.0 Å². The second kappa shape index (κ2) is 6.51. The molecule has 0 spiro atoms. The van der Waals surface area contributed by atoms with Gasteiger partial charge in [0.2, 0.25) is 0 Å². The zero-order valence-electron chi connectivity index (χ0n) is 12.9. The Morgan fingerprint density at radius 1 is 1.10 bits per heavy atom. The molecule has 0 aliphatic carbocycles. The topological polar surface area (TPSA) is 24.9 Å². The van der Waals surface area contributed by atoms with Crippen LogP contribution in [0.15, 0.2) is 30.3 Å². The van der Waals surface area contributed by atoms with Crippen molar-refractivity contribution in [2.24, 2.45) is 0 Å². The smallest absolute Gasteiger partial charge is 0.0935 e. The summed E-state index contributed by atoms with van der Waals surface area (Å²) in [5.74, 6) is 0. The first-order chi connectivity index (χ1) is 9.50. The van der Waals surface area contributed by atoms with E-state index in [9.17, 15) is 0 Å². The second-order valence-electron chi connectivity index (χ2n) is 6.15. The molecule has 0 unspecified atom stereocenters. The van der Waals surface area contributed by atoms with Crippen LogP contribution in [-0.2, 0) is 24.8 Å². The lowest BCUT2D eigenvalue weighted by molar-refractivity contribution is 0.561. The molecule has 0 bridgehead atoms. The molecule has 3 heteroatoms. The predicted molar refractivity (Wildman–Crippen MR) is 87.4 cm³/mol. The molecule has 0 aliphatic rings. The van der Waals surface area contributed by atoms with Crippen LogP contribution in [0, 0.1) is 0 Å². The third-order valence-electron chi connectivity index (χ3n) is 3.26. The summed E-state index contributed by atoms with van der Waals surface area (Å²) >= 11 is 1.86. The number of aromatic nitrogens is 1. The predicted octanol–water partition coefficient (Wildman–Crippen LogP) is 3.95. The van der Waals surface area contributed by atoms with Crippen LogP contribution in [0.3, 0.4) is 0 Å². The molecule has 0 fully saturated rings. The number of rotatable bonds is 5. The standard InChI is InChI=1S/C17H24N2S/c1-17(2,3)16-14(12-18-4)20-15(19-16)11-10-13-8-6-5-7-9-13/h5-9,18H,10-12H2,1-4H3. The lowest BCUT2D eigenvalue weighted by Crippen LogP contribution is -2.16. The molecular formula is C17H24N2S. The highest BCUT2D eigenvalue weighted by Crippen LogP contribution is 2.30. The minimum Gasteiger partial charge on any atom is -0.315 e. The van der Waals surface area contributed by atoms with E-state index < -0.39 is 0 Å². The molecule has 108 valence electrons. The molecule has 0 aliphatic heterocycles. The fourth-order valence-electron chi connectivity index (χ4n) is 2.27. The summed E-state index contributed by atoms with van der Waals surface area (Å²) in [5, 5.41) is 4.51. The SMILES string of the molecule is CNCc1sc(CCc2ccccc2)nc1C(C)(C)C. The first-order valence-corrected chi connectivity index (χ1v) is 8.00. The molecule has 1 heterocycles. The Morgan fingerprint density at radius 3 is 2.40 bits per heavy atom. The van der Waals surface area contributed by atoms with E-state index in [2.05, 4.69) is 56.4 Å². The fourth-order valence-corrected chi connectivity index (χ4v) is 3.56. The molecule has 0 atom stereocenters. The van der Waals surface area contributed by atoms with E-state index in [1.54, 1.807) is 0 Å². The van der Waals surface area contributed by atoms with E-state index in [0.717, 1.165) is 19.4 Å². The van der Waals surface area contributed by atoms with Crippen molar-refractivity contribution in [2.45, 2.75) is 45.6 Å². The third-order valence-corrected chi connectivity index (χ3v) is 4.37. The molecule has 1 aromatic heterocycles. The van der Waals surface area contributed by atoms with Crippen molar-refractivity contribution in [3.8, 4) is 0 Å². The quantitative estimate of drug-likeness (QED) is 0.901. The minimum absolute atomic E-state index is 0.119. The minimum atomic E-state index is 0.119. The number of nitrogens with zero attached hydrogens (tertiary/aromatic N) is 1. The molecule has 0 amide bonds. The highest BCUT2D eigenvalue weighted by atomic mass is 32.1. The molecule has 0 saturated carbocycles. The Labute approximate surface area is 126 Å². The van der Waals surface area contributed by atoms with Gasteiger partial charge in [0.15, 0.2) is 0 Å². The molecule has 20 heavy (non-hydrogen) atoms. The summed E-state index contributed by atoms with van der Waals surface area (Å²) in [7, 11) is 2.00. The summed E-state index contributed by atoms with van der Waals surface area (Å²) in [6.45, 7) is 7.63. The number of benzene rings is 1. The van der Waals surface area contributed by atoms with Crippen LogP contribution in [0.25, 0.3) is 0 Å². The van der Waals surface area contributed by atoms with E-state index in [0.29, 0.717) is 0 Å². The van der Waals surface area contributed by atoms with Crippen molar-refractivity contribution in [3.05, 3.63) is 51.5 Å². The van der Waals surface area contributed by atoms with Crippen molar-refractivity contribution in [1.29, 1.82) is 0 Å². The van der Waals surface area contributed by atoms with Crippen molar-refractivity contribution in [2.75, 3.05) is 7.05 Å². The van der Waals surface area contributed by atoms with Gasteiger partial charge in [0, 0.05) is 23.3 Å². The van der Waals surface area contributed by atoms with Crippen LogP contribution in [0.2, 0.25) is 0 Å². The first-order valence-electron chi connectivity index (χ1n) is 7.18. The Kier molecular flexibility index (Phi) is 4.95. The van der Waals surface area contributed by atoms with Crippen LogP contribution in [0.5, 0.6) is 0 Å². The number of nitrogens with one attached hydrogen (secondary N) is 1. The van der Waals surface area contributed by atoms with Gasteiger partial charge in [-0.1, -0.05) is 51.1 Å². The first kappa shape index (κ1) is 15.2. The van der Waals surface area contributed by atoms with E-state index in [1.807, 2.05) is 18.4 Å². The van der Waals surface area contributed by atoms with Gasteiger partial charge in [-0.25, -0.2) is 4.98 Å². The zero-order valence-corrected chi connectivity index (χ0v) is 13.7. The maximum Gasteiger partial charge on any atom is 0.0935 e. The van der Waals surface area contributed by atoms with Gasteiger partial charge in [0.1, 0.15) is 0 Å². The summed E-state index contributed by atoms with van der Waals surface area (Å²) < 4.78 is 0. The largest absolute Gasteiger partial charge is 0.315 e. The summed E-state index contributed by atoms with van der Waals surface area (Å²) in [6, 6.07) is 10.6. The summed E-state index contributed by atoms with van der Waals surface area (Å²) in [6.07, 6.45) is 2.10. The highest BCUT2D eigenvalue weighted by molar-refractivity contribution is 7.11. The maximum atomic E-state index is 4.89. The molecule has 2 rings (SSSR count). The van der Waals surface area contributed by atoms with Gasteiger partial charge in [-0.3, -0.25) is 0 Å². The van der Waals surface area contributed by atoms with Crippen molar-refractivity contribution in [3.63, 3.8) is 0 Å². The molecule has 1 N–H and O–H groups in total. The number of thiazole rings is 1. The average molecular weight is 288 g/mol. The van der Waals surface area contributed by atoms with Gasteiger partial charge in [-0.15, -0.1) is 11.3 Å². The van der Waals surface area contributed by atoms with Crippen LogP contribution < -0.4 is 5.32 Å². The van der Waals surface area contributed by atoms with Gasteiger partial charge < -0.3 is 5.32 Å². The lowest BCUT2D eigenvalue weighted by Gasteiger charge is -2.17. The van der Waals surface area contributed by atoms with Crippen molar-refractivity contribution >= 4 is 11.3 Å². The Morgan fingerprint density at radius 2 is 1.80 bits per heavy atom. The molecule has 0 saturated heterocycles. The van der Waals surface area contributed by atoms with E-state index in [1.165, 1.54) is 21.1 Å². The lowest BCUT2D eigenvalue weighted by atomic mass is 9.91. The normalized spacial score (nSPS) is 11.8. The monoisotopic (exact) mass is 288 g/mol. The van der Waals surface area contributed by atoms with E-state index in [4.69, 9.17) is 4.98 Å². The van der Waals surface area contributed by atoms with Crippen LogP contribution >= 0.6 is 11.3 Å². The van der Waals surface area contributed by atoms with E-state index in [-0.39, 0.29) is 5.41 Å². The summed E-state index contributed by atoms with van der Waals surface area (Å²) in [5.41, 5.74) is 2.75. The molecule has 0 radical (unpaired) electrons. The third kappa shape index (κ3) is 3.90. The fraction of sp³-hybridized carbons (Fsp3) is 0.471. The van der Waals surface area contributed by atoms with Crippen LogP contribution in [0.1, 0.15) is 41.9 Å². The van der Waals surface area contributed by atoms with Gasteiger partial charge in [-0.2, -0.15) is 0 Å². The van der Waals surface area contributed by atoms with Gasteiger partial charge in [0.25, 0.3) is 0 Å². The second-order valence-corrected chi connectivity index (χ2v) is 7.31. The van der Waals surface area contributed by atoms with Gasteiger partial charge in [-0.05, 0) is 19.0 Å². The maximum absolute atomic E-state index is 4.89. The highest BCUT2D eigenvalue weighted by Gasteiger charge is 2.22. The van der Waals surface area contributed by atoms with Crippen molar-refractivity contribution < 1.29 is 0 Å². The van der Waals surface area contributed by atoms with Crippen LogP contribution in [0.4, 0.5) is 0 Å².